The molecular formula is C11H12Cl2N6O3S. The third-order valence-corrected chi connectivity index (χ3v) is 5.01. The molecule has 3 N–H and O–H groups in total. The third-order valence-electron chi connectivity index (χ3n) is 2.86. The number of hydrogen-bond donors (Lipinski definition) is 2. The summed E-state index contributed by atoms with van der Waals surface area (Å²) in [6.45, 7) is 0. The van der Waals surface area contributed by atoms with Gasteiger partial charge in [-0.2, -0.15) is 13.4 Å². The number of rotatable bonds is 3. The number of halogens is 2. The Morgan fingerprint density at radius 2 is 1.91 bits per heavy atom. The molecule has 0 bridgehead atoms. The van der Waals surface area contributed by atoms with E-state index in [-0.39, 0.29) is 21.7 Å². The Hall–Kier alpha value is -2.04. The highest BCUT2D eigenvalue weighted by Gasteiger charge is 2.30. The van der Waals surface area contributed by atoms with Crippen LogP contribution in [0.2, 0.25) is 10.0 Å². The SMILES string of the molecule is CNC(=O)n1nc(S(=O)(=O)N(C)c2c(Cl)cccc2Cl)nc1N. The zero-order valence-electron chi connectivity index (χ0n) is 12.0. The molecule has 12 heteroatoms. The number of nitrogen functional groups attached to an aromatic ring is 1. The quantitative estimate of drug-likeness (QED) is 0.826. The van der Waals surface area contributed by atoms with Gasteiger partial charge in [0.15, 0.2) is 0 Å². The van der Waals surface area contributed by atoms with Crippen LogP contribution in [0.15, 0.2) is 23.4 Å². The standard InChI is InChI=1S/C11H12Cl2N6O3S/c1-15-11(20)19-9(14)16-10(17-19)23(21,22)18(2)8-6(12)4-3-5-7(8)13/h3-5H,1-2H3,(H,15,20)(H2,14,16,17). The molecule has 0 aliphatic heterocycles. The normalized spacial score (nSPS) is 11.3. The van der Waals surface area contributed by atoms with E-state index in [4.69, 9.17) is 28.9 Å². The number of nitrogens with zero attached hydrogens (tertiary/aromatic N) is 4. The van der Waals surface area contributed by atoms with Crippen molar-refractivity contribution in [2.45, 2.75) is 5.16 Å². The molecule has 0 saturated carbocycles. The van der Waals surface area contributed by atoms with E-state index < -0.39 is 21.2 Å². The second-order valence-corrected chi connectivity index (χ2v) is 6.94. The summed E-state index contributed by atoms with van der Waals surface area (Å²) in [5.74, 6) is -0.374. The van der Waals surface area contributed by atoms with E-state index >= 15 is 0 Å². The van der Waals surface area contributed by atoms with E-state index in [1.165, 1.54) is 26.2 Å². The number of nitrogens with one attached hydrogen (secondary N) is 1. The zero-order chi connectivity index (χ0) is 17.4. The summed E-state index contributed by atoms with van der Waals surface area (Å²) in [6, 6.07) is 3.82. The molecule has 0 unspecified atom stereocenters. The van der Waals surface area contributed by atoms with Gasteiger partial charge in [-0.1, -0.05) is 29.3 Å². The number of anilines is 2. The van der Waals surface area contributed by atoms with Crippen LogP contribution < -0.4 is 15.4 Å². The van der Waals surface area contributed by atoms with Crippen molar-refractivity contribution in [1.29, 1.82) is 0 Å². The lowest BCUT2D eigenvalue weighted by Crippen LogP contribution is -2.29. The highest BCUT2D eigenvalue weighted by atomic mass is 35.5. The molecule has 0 atom stereocenters. The number of nitrogens with two attached hydrogens (primary N) is 1. The Morgan fingerprint density at radius 3 is 2.43 bits per heavy atom. The summed E-state index contributed by atoms with van der Waals surface area (Å²) in [5.41, 5.74) is 5.57. The van der Waals surface area contributed by atoms with Crippen LogP contribution in [-0.2, 0) is 10.0 Å². The molecule has 0 radical (unpaired) electrons. The van der Waals surface area contributed by atoms with Crippen LogP contribution >= 0.6 is 23.2 Å². The molecule has 1 heterocycles. The van der Waals surface area contributed by atoms with E-state index in [0.717, 1.165) is 4.31 Å². The number of carbonyl (C=O) groups is 1. The Morgan fingerprint density at radius 1 is 1.35 bits per heavy atom. The number of amides is 1. The number of benzene rings is 1. The predicted octanol–water partition coefficient (Wildman–Crippen LogP) is 1.18. The maximum absolute atomic E-state index is 12.6. The topological polar surface area (TPSA) is 123 Å². The highest BCUT2D eigenvalue weighted by Crippen LogP contribution is 2.35. The molecule has 0 saturated heterocycles. The Labute approximate surface area is 142 Å². The number of carbonyl (C=O) groups excluding carboxylic acids is 1. The van der Waals surface area contributed by atoms with Crippen molar-refractivity contribution in [3.63, 3.8) is 0 Å². The molecule has 1 amide bonds. The number of aromatic nitrogens is 3. The van der Waals surface area contributed by atoms with Gasteiger partial charge in [0.2, 0.25) is 5.95 Å². The summed E-state index contributed by atoms with van der Waals surface area (Å²) < 4.78 is 26.6. The first-order valence-corrected chi connectivity index (χ1v) is 8.27. The summed E-state index contributed by atoms with van der Waals surface area (Å²) in [4.78, 5) is 15.2. The smallest absolute Gasteiger partial charge is 0.345 e. The largest absolute Gasteiger partial charge is 0.368 e. The van der Waals surface area contributed by atoms with Gasteiger partial charge in [-0.25, -0.2) is 4.79 Å². The molecule has 0 fully saturated rings. The van der Waals surface area contributed by atoms with E-state index in [0.29, 0.717) is 4.68 Å². The van der Waals surface area contributed by atoms with Gasteiger partial charge in [-0.3, -0.25) is 4.31 Å². The van der Waals surface area contributed by atoms with Gasteiger partial charge in [0.1, 0.15) is 0 Å². The number of para-hydroxylation sites is 1. The van der Waals surface area contributed by atoms with Gasteiger partial charge in [0, 0.05) is 14.1 Å². The number of hydrogen-bond acceptors (Lipinski definition) is 6. The lowest BCUT2D eigenvalue weighted by molar-refractivity contribution is 0.241. The van der Waals surface area contributed by atoms with E-state index in [2.05, 4.69) is 15.4 Å². The first-order chi connectivity index (χ1) is 10.7. The minimum atomic E-state index is -4.22. The minimum Gasteiger partial charge on any atom is -0.368 e. The first-order valence-electron chi connectivity index (χ1n) is 6.07. The van der Waals surface area contributed by atoms with Crippen molar-refractivity contribution >= 4 is 50.9 Å². The molecular weight excluding hydrogens is 367 g/mol. The van der Waals surface area contributed by atoms with Gasteiger partial charge in [0.05, 0.1) is 15.7 Å². The van der Waals surface area contributed by atoms with Crippen LogP contribution in [0.25, 0.3) is 0 Å². The molecule has 0 aliphatic rings. The van der Waals surface area contributed by atoms with Crippen molar-refractivity contribution in [1.82, 2.24) is 20.1 Å². The monoisotopic (exact) mass is 378 g/mol. The highest BCUT2D eigenvalue weighted by molar-refractivity contribution is 7.92. The van der Waals surface area contributed by atoms with E-state index in [1.54, 1.807) is 6.07 Å². The van der Waals surface area contributed by atoms with Gasteiger partial charge in [-0.15, -0.1) is 9.78 Å². The second kappa shape index (κ2) is 6.22. The first kappa shape index (κ1) is 17.3. The summed E-state index contributed by atoms with van der Waals surface area (Å²) >= 11 is 12.0. The average molecular weight is 379 g/mol. The van der Waals surface area contributed by atoms with Crippen LogP contribution in [-0.4, -0.2) is 43.3 Å². The van der Waals surface area contributed by atoms with Crippen molar-refractivity contribution in [2.24, 2.45) is 0 Å². The molecule has 124 valence electrons. The summed E-state index contributed by atoms with van der Waals surface area (Å²) in [7, 11) is -1.64. The van der Waals surface area contributed by atoms with Crippen LogP contribution in [0.5, 0.6) is 0 Å². The van der Waals surface area contributed by atoms with Crippen LogP contribution in [0.4, 0.5) is 16.4 Å². The molecule has 9 nitrogen and oxygen atoms in total. The summed E-state index contributed by atoms with van der Waals surface area (Å²) in [5, 5.41) is 5.47. The predicted molar refractivity (Wildman–Crippen MR) is 86.3 cm³/mol. The number of sulfonamides is 1. The van der Waals surface area contributed by atoms with Crippen molar-refractivity contribution < 1.29 is 13.2 Å². The second-order valence-electron chi connectivity index (χ2n) is 4.26. The fourth-order valence-electron chi connectivity index (χ4n) is 1.70. The van der Waals surface area contributed by atoms with Gasteiger partial charge in [-0.05, 0) is 12.1 Å². The van der Waals surface area contributed by atoms with Gasteiger partial charge in [0.25, 0.3) is 5.16 Å². The molecule has 2 aromatic rings. The Kier molecular flexibility index (Phi) is 4.68. The van der Waals surface area contributed by atoms with Crippen molar-refractivity contribution in [3.8, 4) is 0 Å². The fourth-order valence-corrected chi connectivity index (χ4v) is 3.53. The average Bonchev–Trinajstić information content (AvgIpc) is 2.88. The summed E-state index contributed by atoms with van der Waals surface area (Å²) in [6.07, 6.45) is 0. The maximum atomic E-state index is 12.6. The van der Waals surface area contributed by atoms with Crippen molar-refractivity contribution in [3.05, 3.63) is 28.2 Å². The van der Waals surface area contributed by atoms with Crippen LogP contribution in [0, 0.1) is 0 Å². The van der Waals surface area contributed by atoms with Crippen LogP contribution in [0.1, 0.15) is 0 Å². The molecule has 1 aromatic heterocycles. The molecule has 23 heavy (non-hydrogen) atoms. The molecule has 0 spiro atoms. The van der Waals surface area contributed by atoms with E-state index in [9.17, 15) is 13.2 Å². The molecule has 1 aromatic carbocycles. The molecule has 2 rings (SSSR count). The molecule has 0 aliphatic carbocycles. The third kappa shape index (κ3) is 3.05. The Bertz CT molecular complexity index is 846. The maximum Gasteiger partial charge on any atom is 0.345 e. The van der Waals surface area contributed by atoms with Gasteiger partial charge >= 0.3 is 16.1 Å². The van der Waals surface area contributed by atoms with Crippen molar-refractivity contribution in [2.75, 3.05) is 24.1 Å². The minimum absolute atomic E-state index is 0.0608. The van der Waals surface area contributed by atoms with Gasteiger partial charge < -0.3 is 11.1 Å². The lowest BCUT2D eigenvalue weighted by atomic mass is 10.3. The lowest BCUT2D eigenvalue weighted by Gasteiger charge is -2.19. The fraction of sp³-hybridized carbons (Fsp3) is 0.182. The zero-order valence-corrected chi connectivity index (χ0v) is 14.3. The Balaban J connectivity index is 2.52. The van der Waals surface area contributed by atoms with Crippen LogP contribution in [0.3, 0.4) is 0 Å². The van der Waals surface area contributed by atoms with E-state index in [1.807, 2.05) is 0 Å².